The first-order chi connectivity index (χ1) is 16.3. The molecule has 6 nitrogen and oxygen atoms in total. The number of nitrogens with zero attached hydrogens (tertiary/aromatic N) is 1. The SMILES string of the molecule is C[C@@]1(O)CCN(C(=O)COc2ccccc2)[C@@H](c2ccccc2)[C@@H]1NC(=O)c1ccc(F)cc1. The average Bonchev–Trinajstić information content (AvgIpc) is 2.85. The van der Waals surface area contributed by atoms with Crippen molar-refractivity contribution in [2.24, 2.45) is 0 Å². The molecule has 1 fully saturated rings. The summed E-state index contributed by atoms with van der Waals surface area (Å²) < 4.78 is 19.0. The van der Waals surface area contributed by atoms with E-state index in [0.717, 1.165) is 5.56 Å². The van der Waals surface area contributed by atoms with Crippen molar-refractivity contribution in [1.29, 1.82) is 0 Å². The zero-order chi connectivity index (χ0) is 24.1. The Morgan fingerprint density at radius 1 is 1.03 bits per heavy atom. The molecule has 176 valence electrons. The summed E-state index contributed by atoms with van der Waals surface area (Å²) >= 11 is 0. The van der Waals surface area contributed by atoms with Crippen molar-refractivity contribution < 1.29 is 23.8 Å². The Morgan fingerprint density at radius 2 is 1.65 bits per heavy atom. The van der Waals surface area contributed by atoms with Gasteiger partial charge < -0.3 is 20.1 Å². The van der Waals surface area contributed by atoms with E-state index < -0.39 is 29.4 Å². The second kappa shape index (κ2) is 10.1. The quantitative estimate of drug-likeness (QED) is 0.585. The van der Waals surface area contributed by atoms with Crippen LogP contribution in [0.15, 0.2) is 84.9 Å². The fourth-order valence-corrected chi connectivity index (χ4v) is 4.27. The van der Waals surface area contributed by atoms with Crippen LogP contribution in [0.25, 0.3) is 0 Å². The molecule has 0 spiro atoms. The summed E-state index contributed by atoms with van der Waals surface area (Å²) in [6.07, 6.45) is 0.266. The number of hydrogen-bond acceptors (Lipinski definition) is 4. The molecule has 0 radical (unpaired) electrons. The first-order valence-corrected chi connectivity index (χ1v) is 11.2. The van der Waals surface area contributed by atoms with Crippen LogP contribution in [0.3, 0.4) is 0 Å². The molecule has 1 heterocycles. The van der Waals surface area contributed by atoms with Crippen LogP contribution in [-0.4, -0.2) is 46.6 Å². The number of hydrogen-bond donors (Lipinski definition) is 2. The van der Waals surface area contributed by atoms with Gasteiger partial charge in [-0.05, 0) is 55.3 Å². The van der Waals surface area contributed by atoms with E-state index in [1.165, 1.54) is 24.3 Å². The number of likely N-dealkylation sites (tertiary alicyclic amines) is 1. The van der Waals surface area contributed by atoms with Crippen LogP contribution >= 0.6 is 0 Å². The molecule has 0 unspecified atom stereocenters. The van der Waals surface area contributed by atoms with Gasteiger partial charge in [0.2, 0.25) is 0 Å². The van der Waals surface area contributed by atoms with Gasteiger partial charge in [-0.25, -0.2) is 4.39 Å². The highest BCUT2D eigenvalue weighted by atomic mass is 19.1. The van der Waals surface area contributed by atoms with Crippen molar-refractivity contribution in [2.45, 2.75) is 31.0 Å². The summed E-state index contributed by atoms with van der Waals surface area (Å²) in [4.78, 5) is 27.9. The molecule has 3 atom stereocenters. The predicted octanol–water partition coefficient (Wildman–Crippen LogP) is 3.73. The second-order valence-corrected chi connectivity index (χ2v) is 8.61. The number of carbonyl (C=O) groups is 2. The summed E-state index contributed by atoms with van der Waals surface area (Å²) in [5, 5.41) is 14.2. The number of halogens is 1. The lowest BCUT2D eigenvalue weighted by Crippen LogP contribution is -2.63. The number of benzene rings is 3. The average molecular weight is 463 g/mol. The van der Waals surface area contributed by atoms with Crippen molar-refractivity contribution in [3.8, 4) is 5.75 Å². The standard InChI is InChI=1S/C27H27FN2O4/c1-27(33)16-17-30(23(31)18-34-22-10-6-3-7-11-22)24(19-8-4-2-5-9-19)25(27)29-26(32)20-12-14-21(28)15-13-20/h2-15,24-25,33H,16-18H2,1H3,(H,29,32)/t24-,25-,27+/m0/s1. The molecule has 7 heteroatoms. The van der Waals surface area contributed by atoms with Gasteiger partial charge in [-0.1, -0.05) is 48.5 Å². The van der Waals surface area contributed by atoms with Crippen molar-refractivity contribution >= 4 is 11.8 Å². The molecule has 3 aromatic carbocycles. The number of piperidine rings is 1. The Labute approximate surface area is 198 Å². The van der Waals surface area contributed by atoms with Gasteiger partial charge in [-0.2, -0.15) is 0 Å². The van der Waals surface area contributed by atoms with E-state index in [9.17, 15) is 19.1 Å². The lowest BCUT2D eigenvalue weighted by Gasteiger charge is -2.49. The normalized spacial score (nSPS) is 22.1. The summed E-state index contributed by atoms with van der Waals surface area (Å²) in [6, 6.07) is 22.1. The van der Waals surface area contributed by atoms with Crippen LogP contribution in [0.4, 0.5) is 4.39 Å². The summed E-state index contributed by atoms with van der Waals surface area (Å²) in [7, 11) is 0. The minimum absolute atomic E-state index is 0.173. The van der Waals surface area contributed by atoms with Crippen molar-refractivity contribution in [1.82, 2.24) is 10.2 Å². The van der Waals surface area contributed by atoms with Crippen LogP contribution in [0, 0.1) is 5.82 Å². The summed E-state index contributed by atoms with van der Waals surface area (Å²) in [5.74, 6) is -0.578. The third-order valence-electron chi connectivity index (χ3n) is 6.14. The topological polar surface area (TPSA) is 78.9 Å². The molecule has 0 aromatic heterocycles. The first kappa shape index (κ1) is 23.4. The number of carbonyl (C=O) groups excluding carboxylic acids is 2. The van der Waals surface area contributed by atoms with Gasteiger partial charge in [0, 0.05) is 12.1 Å². The predicted molar refractivity (Wildman–Crippen MR) is 126 cm³/mol. The maximum absolute atomic E-state index is 13.3. The molecule has 3 aromatic rings. The van der Waals surface area contributed by atoms with E-state index >= 15 is 0 Å². The van der Waals surface area contributed by atoms with Gasteiger partial charge in [0.15, 0.2) is 6.61 Å². The molecule has 2 N–H and O–H groups in total. The van der Waals surface area contributed by atoms with E-state index in [1.54, 1.807) is 24.0 Å². The lowest BCUT2D eigenvalue weighted by molar-refractivity contribution is -0.144. The smallest absolute Gasteiger partial charge is 0.261 e. The van der Waals surface area contributed by atoms with Crippen LogP contribution < -0.4 is 10.1 Å². The number of amides is 2. The number of nitrogens with one attached hydrogen (secondary N) is 1. The molecule has 2 amide bonds. The van der Waals surface area contributed by atoms with Crippen LogP contribution in [0.2, 0.25) is 0 Å². The maximum atomic E-state index is 13.3. The van der Waals surface area contributed by atoms with Gasteiger partial charge in [0.05, 0.1) is 17.7 Å². The van der Waals surface area contributed by atoms with Gasteiger partial charge in [0.1, 0.15) is 11.6 Å². The molecule has 1 saturated heterocycles. The number of ether oxygens (including phenoxy) is 1. The molecule has 34 heavy (non-hydrogen) atoms. The molecule has 4 rings (SSSR count). The highest BCUT2D eigenvalue weighted by Crippen LogP contribution is 2.37. The molecule has 0 saturated carbocycles. The molecule has 1 aliphatic heterocycles. The first-order valence-electron chi connectivity index (χ1n) is 11.2. The van der Waals surface area contributed by atoms with Crippen molar-refractivity contribution in [3.63, 3.8) is 0 Å². The molecule has 0 aliphatic carbocycles. The van der Waals surface area contributed by atoms with Gasteiger partial charge in [-0.3, -0.25) is 9.59 Å². The Hall–Kier alpha value is -3.71. The zero-order valence-electron chi connectivity index (χ0n) is 18.9. The van der Waals surface area contributed by atoms with E-state index in [1.807, 2.05) is 48.5 Å². The largest absolute Gasteiger partial charge is 0.484 e. The minimum Gasteiger partial charge on any atom is -0.484 e. The van der Waals surface area contributed by atoms with Gasteiger partial charge >= 0.3 is 0 Å². The van der Waals surface area contributed by atoms with Gasteiger partial charge in [-0.15, -0.1) is 0 Å². The van der Waals surface area contributed by atoms with E-state index in [0.29, 0.717) is 12.3 Å². The molecular weight excluding hydrogens is 435 g/mol. The number of aliphatic hydroxyl groups is 1. The second-order valence-electron chi connectivity index (χ2n) is 8.61. The summed E-state index contributed by atoms with van der Waals surface area (Å²) in [6.45, 7) is 1.78. The van der Waals surface area contributed by atoms with Crippen LogP contribution in [-0.2, 0) is 4.79 Å². The third kappa shape index (κ3) is 5.26. The van der Waals surface area contributed by atoms with E-state index in [4.69, 9.17) is 4.74 Å². The molecule has 0 bridgehead atoms. The monoisotopic (exact) mass is 462 g/mol. The lowest BCUT2D eigenvalue weighted by atomic mass is 9.79. The van der Waals surface area contributed by atoms with Crippen LogP contribution in [0.1, 0.15) is 35.3 Å². The number of rotatable bonds is 6. The Kier molecular flexibility index (Phi) is 6.93. The van der Waals surface area contributed by atoms with Gasteiger partial charge in [0.25, 0.3) is 11.8 Å². The highest BCUT2D eigenvalue weighted by molar-refractivity contribution is 5.94. The van der Waals surface area contributed by atoms with E-state index in [-0.39, 0.29) is 24.5 Å². The van der Waals surface area contributed by atoms with Crippen LogP contribution in [0.5, 0.6) is 5.75 Å². The van der Waals surface area contributed by atoms with E-state index in [2.05, 4.69) is 5.32 Å². The Morgan fingerprint density at radius 3 is 2.29 bits per heavy atom. The third-order valence-corrected chi connectivity index (χ3v) is 6.14. The molecular formula is C27H27FN2O4. The highest BCUT2D eigenvalue weighted by Gasteiger charge is 2.47. The Balaban J connectivity index is 1.62. The minimum atomic E-state index is -1.28. The van der Waals surface area contributed by atoms with Crippen molar-refractivity contribution in [3.05, 3.63) is 102 Å². The number of para-hydroxylation sites is 1. The zero-order valence-corrected chi connectivity index (χ0v) is 18.9. The van der Waals surface area contributed by atoms with Crippen molar-refractivity contribution in [2.75, 3.05) is 13.2 Å². The fraction of sp³-hybridized carbons (Fsp3) is 0.259. The maximum Gasteiger partial charge on any atom is 0.261 e. The summed E-state index contributed by atoms with van der Waals surface area (Å²) in [5.41, 5.74) is -0.243. The molecule has 1 aliphatic rings. The Bertz CT molecular complexity index is 1120. The fourth-order valence-electron chi connectivity index (χ4n) is 4.27.